The molecule has 5 heteroatoms. The third-order valence-corrected chi connectivity index (χ3v) is 2.12. The molecule has 0 aromatic rings. The Kier molecular flexibility index (Phi) is 2.36. The van der Waals surface area contributed by atoms with Crippen LogP contribution in [0.2, 0.25) is 0 Å². The van der Waals surface area contributed by atoms with E-state index in [1.807, 2.05) is 13.8 Å². The molecule has 1 rings (SSSR count). The summed E-state index contributed by atoms with van der Waals surface area (Å²) in [4.78, 5) is 12.3. The first kappa shape index (κ1) is 9.44. The van der Waals surface area contributed by atoms with Crippen LogP contribution in [0.25, 0.3) is 0 Å². The van der Waals surface area contributed by atoms with E-state index in [1.54, 1.807) is 4.90 Å². The lowest BCUT2D eigenvalue weighted by Gasteiger charge is -2.31. The second-order valence-corrected chi connectivity index (χ2v) is 3.51. The minimum atomic E-state index is -0.618. The van der Waals surface area contributed by atoms with Gasteiger partial charge >= 0.3 is 0 Å². The van der Waals surface area contributed by atoms with Crippen molar-refractivity contribution in [2.75, 3.05) is 13.1 Å². The van der Waals surface area contributed by atoms with Gasteiger partial charge in [-0.3, -0.25) is 15.0 Å². The van der Waals surface area contributed by atoms with Crippen LogP contribution >= 0.6 is 0 Å². The van der Waals surface area contributed by atoms with E-state index in [0.717, 1.165) is 0 Å². The number of rotatable bonds is 2. The number of amides is 1. The molecule has 1 aliphatic heterocycles. The molecule has 0 aromatic heterocycles. The smallest absolute Gasteiger partial charge is 0.231 e. The number of β-amino-alcohol motifs (C(OH)–C–C–N with tert-alkyl or cyclic N) is 1. The fraction of sp³-hybridized carbons (Fsp3) is 0.857. The highest BCUT2D eigenvalue weighted by Crippen LogP contribution is 2.18. The largest absolute Gasteiger partial charge is 0.377 e. The van der Waals surface area contributed by atoms with E-state index in [4.69, 9.17) is 5.73 Å². The SMILES string of the molecule is CC1(C)NCC(O)N1CC(N)=O. The Labute approximate surface area is 71.5 Å². The molecule has 1 atom stereocenters. The van der Waals surface area contributed by atoms with Crippen LogP contribution in [0.1, 0.15) is 13.8 Å². The third kappa shape index (κ3) is 1.74. The Hall–Kier alpha value is -0.650. The van der Waals surface area contributed by atoms with E-state index in [0.29, 0.717) is 6.54 Å². The van der Waals surface area contributed by atoms with E-state index in [2.05, 4.69) is 5.32 Å². The number of hydrogen-bond acceptors (Lipinski definition) is 4. The van der Waals surface area contributed by atoms with E-state index in [-0.39, 0.29) is 12.2 Å². The summed E-state index contributed by atoms with van der Waals surface area (Å²) in [5, 5.41) is 12.5. The van der Waals surface area contributed by atoms with Gasteiger partial charge in [0.2, 0.25) is 5.91 Å². The van der Waals surface area contributed by atoms with Gasteiger partial charge in [-0.25, -0.2) is 0 Å². The lowest BCUT2D eigenvalue weighted by molar-refractivity contribution is -0.123. The van der Waals surface area contributed by atoms with Crippen LogP contribution in [0.4, 0.5) is 0 Å². The highest BCUT2D eigenvalue weighted by atomic mass is 16.3. The molecule has 0 radical (unpaired) electrons. The lowest BCUT2D eigenvalue weighted by Crippen LogP contribution is -2.51. The number of carbonyl (C=O) groups is 1. The highest BCUT2D eigenvalue weighted by Gasteiger charge is 2.38. The van der Waals surface area contributed by atoms with Crippen LogP contribution in [0.15, 0.2) is 0 Å². The van der Waals surface area contributed by atoms with Gasteiger partial charge in [0.1, 0.15) is 6.23 Å². The zero-order valence-electron chi connectivity index (χ0n) is 7.37. The van der Waals surface area contributed by atoms with Gasteiger partial charge in [-0.15, -0.1) is 0 Å². The molecule has 12 heavy (non-hydrogen) atoms. The maximum atomic E-state index is 10.6. The van der Waals surface area contributed by atoms with Crippen molar-refractivity contribution in [2.24, 2.45) is 5.73 Å². The lowest BCUT2D eigenvalue weighted by atomic mass is 10.2. The fourth-order valence-corrected chi connectivity index (χ4v) is 1.40. The summed E-state index contributed by atoms with van der Waals surface area (Å²) >= 11 is 0. The number of nitrogens with one attached hydrogen (secondary N) is 1. The Morgan fingerprint density at radius 2 is 2.42 bits per heavy atom. The van der Waals surface area contributed by atoms with Crippen LogP contribution in [-0.2, 0) is 4.79 Å². The molecule has 4 N–H and O–H groups in total. The molecule has 0 bridgehead atoms. The van der Waals surface area contributed by atoms with Gasteiger partial charge in [-0.1, -0.05) is 0 Å². The van der Waals surface area contributed by atoms with E-state index < -0.39 is 12.1 Å². The molecule has 0 spiro atoms. The maximum absolute atomic E-state index is 10.6. The molecule has 1 heterocycles. The number of primary amides is 1. The van der Waals surface area contributed by atoms with Crippen molar-refractivity contribution >= 4 is 5.91 Å². The van der Waals surface area contributed by atoms with Gasteiger partial charge in [-0.05, 0) is 13.8 Å². The molecule has 1 saturated heterocycles. The van der Waals surface area contributed by atoms with Gasteiger partial charge < -0.3 is 10.8 Å². The molecule has 0 aromatic carbocycles. The molecule has 0 saturated carbocycles. The number of aliphatic hydroxyl groups is 1. The fourth-order valence-electron chi connectivity index (χ4n) is 1.40. The van der Waals surface area contributed by atoms with Crippen LogP contribution in [0.5, 0.6) is 0 Å². The van der Waals surface area contributed by atoms with E-state index in [9.17, 15) is 9.90 Å². The summed E-state index contributed by atoms with van der Waals surface area (Å²) < 4.78 is 0. The maximum Gasteiger partial charge on any atom is 0.231 e. The highest BCUT2D eigenvalue weighted by molar-refractivity contribution is 5.76. The van der Waals surface area contributed by atoms with Crippen molar-refractivity contribution in [3.63, 3.8) is 0 Å². The second-order valence-electron chi connectivity index (χ2n) is 3.51. The molecule has 1 unspecified atom stereocenters. The minimum absolute atomic E-state index is 0.0845. The summed E-state index contributed by atoms with van der Waals surface area (Å²) in [7, 11) is 0. The Morgan fingerprint density at radius 1 is 1.83 bits per heavy atom. The minimum Gasteiger partial charge on any atom is -0.377 e. The summed E-state index contributed by atoms with van der Waals surface area (Å²) in [6.45, 7) is 4.35. The van der Waals surface area contributed by atoms with Crippen molar-refractivity contribution in [3.05, 3.63) is 0 Å². The van der Waals surface area contributed by atoms with Gasteiger partial charge in [-0.2, -0.15) is 0 Å². The number of aliphatic hydroxyl groups excluding tert-OH is 1. The van der Waals surface area contributed by atoms with Crippen molar-refractivity contribution < 1.29 is 9.90 Å². The van der Waals surface area contributed by atoms with Crippen molar-refractivity contribution in [2.45, 2.75) is 25.7 Å². The summed E-state index contributed by atoms with van der Waals surface area (Å²) in [5.41, 5.74) is 4.68. The number of carbonyl (C=O) groups excluding carboxylic acids is 1. The zero-order valence-corrected chi connectivity index (χ0v) is 7.37. The molecular formula is C7H15N3O2. The zero-order chi connectivity index (χ0) is 9.35. The molecule has 0 aliphatic carbocycles. The number of nitrogens with zero attached hydrogens (tertiary/aromatic N) is 1. The second kappa shape index (κ2) is 3.01. The monoisotopic (exact) mass is 173 g/mol. The average Bonchev–Trinajstić information content (AvgIpc) is 2.15. The average molecular weight is 173 g/mol. The summed E-state index contributed by atoms with van der Waals surface area (Å²) in [5.74, 6) is -0.425. The van der Waals surface area contributed by atoms with Gasteiger partial charge in [0, 0.05) is 6.54 Å². The standard InChI is InChI=1S/C7H15N3O2/c1-7(2)9-3-6(12)10(7)4-5(8)11/h6,9,12H,3-4H2,1-2H3,(H2,8,11). The molecule has 70 valence electrons. The predicted octanol–water partition coefficient (Wildman–Crippen LogP) is -1.57. The van der Waals surface area contributed by atoms with Gasteiger partial charge in [0.15, 0.2) is 0 Å². The molecule has 1 aliphatic rings. The summed E-state index contributed by atoms with van der Waals surface area (Å²) in [6.07, 6.45) is -0.618. The normalized spacial score (nSPS) is 29.1. The topological polar surface area (TPSA) is 78.6 Å². The van der Waals surface area contributed by atoms with Crippen LogP contribution in [-0.4, -0.2) is 40.9 Å². The quantitative estimate of drug-likeness (QED) is 0.471. The van der Waals surface area contributed by atoms with Crippen molar-refractivity contribution in [1.82, 2.24) is 10.2 Å². The number of nitrogens with two attached hydrogens (primary N) is 1. The van der Waals surface area contributed by atoms with Gasteiger partial charge in [0.05, 0.1) is 12.2 Å². The van der Waals surface area contributed by atoms with Gasteiger partial charge in [0.25, 0.3) is 0 Å². The summed E-state index contributed by atoms with van der Waals surface area (Å²) in [6, 6.07) is 0. The number of hydrogen-bond donors (Lipinski definition) is 3. The van der Waals surface area contributed by atoms with E-state index in [1.165, 1.54) is 0 Å². The Bertz CT molecular complexity index is 193. The van der Waals surface area contributed by atoms with Crippen LogP contribution in [0.3, 0.4) is 0 Å². The molecule has 1 fully saturated rings. The Balaban J connectivity index is 2.65. The van der Waals surface area contributed by atoms with Crippen molar-refractivity contribution in [3.8, 4) is 0 Å². The first-order chi connectivity index (χ1) is 5.43. The molecule has 1 amide bonds. The Morgan fingerprint density at radius 3 is 2.75 bits per heavy atom. The van der Waals surface area contributed by atoms with Crippen LogP contribution in [0, 0.1) is 0 Å². The van der Waals surface area contributed by atoms with Crippen LogP contribution < -0.4 is 11.1 Å². The van der Waals surface area contributed by atoms with Crippen molar-refractivity contribution in [1.29, 1.82) is 0 Å². The first-order valence-corrected chi connectivity index (χ1v) is 3.91. The predicted molar refractivity (Wildman–Crippen MR) is 44.0 cm³/mol. The third-order valence-electron chi connectivity index (χ3n) is 2.12. The molecular weight excluding hydrogens is 158 g/mol. The van der Waals surface area contributed by atoms with E-state index >= 15 is 0 Å². The molecule has 5 nitrogen and oxygen atoms in total. The first-order valence-electron chi connectivity index (χ1n) is 3.91.